The van der Waals surface area contributed by atoms with Crippen LogP contribution in [-0.4, -0.2) is 65.3 Å². The van der Waals surface area contributed by atoms with Crippen molar-refractivity contribution in [1.82, 2.24) is 15.5 Å². The lowest BCUT2D eigenvalue weighted by Crippen LogP contribution is -2.41. The highest BCUT2D eigenvalue weighted by Gasteiger charge is 2.18. The van der Waals surface area contributed by atoms with Gasteiger partial charge in [0.1, 0.15) is 0 Å². The highest BCUT2D eigenvalue weighted by Crippen LogP contribution is 2.10. The van der Waals surface area contributed by atoms with Crippen molar-refractivity contribution >= 4 is 40.7 Å². The van der Waals surface area contributed by atoms with E-state index in [4.69, 9.17) is 0 Å². The fraction of sp³-hybridized carbons (Fsp3) is 0.941. The Hall–Kier alpha value is 0.110. The number of nitrogens with zero attached hydrogens (tertiary/aromatic N) is 2. The van der Waals surface area contributed by atoms with E-state index in [1.165, 1.54) is 38.8 Å². The summed E-state index contributed by atoms with van der Waals surface area (Å²) in [6.07, 6.45) is 6.61. The Morgan fingerprint density at radius 3 is 2.21 bits per heavy atom. The van der Waals surface area contributed by atoms with Crippen LogP contribution in [0.3, 0.4) is 0 Å². The minimum atomic E-state index is -0.820. The molecule has 0 aromatic heterocycles. The van der Waals surface area contributed by atoms with Crippen LogP contribution in [0.4, 0.5) is 0 Å². The molecule has 1 rings (SSSR count). The summed E-state index contributed by atoms with van der Waals surface area (Å²) in [6.45, 7) is 11.3. The van der Waals surface area contributed by atoms with Crippen molar-refractivity contribution in [3.8, 4) is 0 Å². The number of hydrogen-bond donors (Lipinski definition) is 2. The molecule has 0 aromatic rings. The van der Waals surface area contributed by atoms with Crippen molar-refractivity contribution in [3.63, 3.8) is 0 Å². The number of hydrogen-bond acceptors (Lipinski definition) is 3. The third-order valence-electron chi connectivity index (χ3n) is 4.13. The summed E-state index contributed by atoms with van der Waals surface area (Å²) in [5.41, 5.74) is 0. The van der Waals surface area contributed by atoms with E-state index in [0.29, 0.717) is 12.3 Å². The third kappa shape index (κ3) is 10.9. The zero-order chi connectivity index (χ0) is 17.1. The first kappa shape index (κ1) is 24.1. The van der Waals surface area contributed by atoms with Gasteiger partial charge in [0.25, 0.3) is 0 Å². The van der Waals surface area contributed by atoms with E-state index in [-0.39, 0.29) is 28.7 Å². The van der Waals surface area contributed by atoms with E-state index in [9.17, 15) is 4.21 Å². The minimum Gasteiger partial charge on any atom is -0.356 e. The Bertz CT molecular complexity index is 377. The van der Waals surface area contributed by atoms with Crippen LogP contribution in [0.15, 0.2) is 4.99 Å². The fourth-order valence-corrected chi connectivity index (χ4v) is 3.56. The lowest BCUT2D eigenvalue weighted by atomic mass is 10.2. The SMILES string of the molecule is CN=C(NCCCN1CCCCCC1)NCCS(=O)C(C)(C)C.I. The zero-order valence-electron chi connectivity index (χ0n) is 15.9. The van der Waals surface area contributed by atoms with Gasteiger partial charge < -0.3 is 15.5 Å². The topological polar surface area (TPSA) is 56.7 Å². The molecule has 1 heterocycles. The molecule has 0 radical (unpaired) electrons. The first-order valence-electron chi connectivity index (χ1n) is 8.99. The van der Waals surface area contributed by atoms with Crippen LogP contribution in [0, 0.1) is 0 Å². The Morgan fingerprint density at radius 2 is 1.67 bits per heavy atom. The molecular weight excluding hydrogens is 435 g/mol. The fourth-order valence-electron chi connectivity index (χ4n) is 2.66. The number of likely N-dealkylation sites (tertiary alicyclic amines) is 1. The highest BCUT2D eigenvalue weighted by molar-refractivity contribution is 14.0. The predicted molar refractivity (Wildman–Crippen MR) is 117 cm³/mol. The Balaban J connectivity index is 0.00000529. The van der Waals surface area contributed by atoms with E-state index in [0.717, 1.165) is 25.5 Å². The van der Waals surface area contributed by atoms with E-state index < -0.39 is 10.8 Å². The number of nitrogens with one attached hydrogen (secondary N) is 2. The molecule has 1 aliphatic heterocycles. The van der Waals surface area contributed by atoms with Gasteiger partial charge in [-0.25, -0.2) is 0 Å². The normalized spacial score (nSPS) is 18.4. The molecule has 0 aliphatic carbocycles. The molecule has 7 heteroatoms. The van der Waals surface area contributed by atoms with Crippen molar-refractivity contribution in [2.45, 2.75) is 57.6 Å². The number of halogens is 1. The van der Waals surface area contributed by atoms with Crippen molar-refractivity contribution < 1.29 is 4.21 Å². The molecule has 2 N–H and O–H groups in total. The quantitative estimate of drug-likeness (QED) is 0.259. The van der Waals surface area contributed by atoms with Gasteiger partial charge in [0, 0.05) is 41.4 Å². The van der Waals surface area contributed by atoms with Crippen LogP contribution in [0.1, 0.15) is 52.9 Å². The molecule has 0 spiro atoms. The van der Waals surface area contributed by atoms with Gasteiger partial charge in [-0.05, 0) is 59.7 Å². The molecule has 1 unspecified atom stereocenters. The molecule has 0 saturated carbocycles. The number of aliphatic imine (C=N–C) groups is 1. The average molecular weight is 472 g/mol. The maximum atomic E-state index is 12.0. The summed E-state index contributed by atoms with van der Waals surface area (Å²) >= 11 is 0. The molecule has 0 bridgehead atoms. The number of guanidine groups is 1. The summed E-state index contributed by atoms with van der Waals surface area (Å²) in [5.74, 6) is 1.46. The second kappa shape index (κ2) is 13.3. The first-order valence-corrected chi connectivity index (χ1v) is 10.3. The molecule has 1 saturated heterocycles. The van der Waals surface area contributed by atoms with E-state index >= 15 is 0 Å². The summed E-state index contributed by atoms with van der Waals surface area (Å²) in [7, 11) is 0.963. The molecule has 144 valence electrons. The summed E-state index contributed by atoms with van der Waals surface area (Å²) in [4.78, 5) is 6.81. The van der Waals surface area contributed by atoms with Gasteiger partial charge in [0.2, 0.25) is 0 Å². The lowest BCUT2D eigenvalue weighted by Gasteiger charge is -2.20. The third-order valence-corrected chi connectivity index (χ3v) is 6.07. The summed E-state index contributed by atoms with van der Waals surface area (Å²) in [6, 6.07) is 0. The van der Waals surface area contributed by atoms with Crippen molar-refractivity contribution in [2.24, 2.45) is 4.99 Å². The molecule has 1 aliphatic rings. The minimum absolute atomic E-state index is 0. The van der Waals surface area contributed by atoms with Crippen LogP contribution in [0.25, 0.3) is 0 Å². The summed E-state index contributed by atoms with van der Waals surface area (Å²) in [5, 5.41) is 6.60. The summed E-state index contributed by atoms with van der Waals surface area (Å²) < 4.78 is 11.9. The molecular formula is C17H37IN4OS. The van der Waals surface area contributed by atoms with Gasteiger partial charge in [-0.1, -0.05) is 12.8 Å². The second-order valence-corrected chi connectivity index (χ2v) is 9.52. The van der Waals surface area contributed by atoms with E-state index in [2.05, 4.69) is 20.5 Å². The Morgan fingerprint density at radius 1 is 1.08 bits per heavy atom. The predicted octanol–water partition coefficient (Wildman–Crippen LogP) is 2.58. The van der Waals surface area contributed by atoms with Crippen LogP contribution >= 0.6 is 24.0 Å². The largest absolute Gasteiger partial charge is 0.356 e. The molecule has 1 fully saturated rings. The zero-order valence-corrected chi connectivity index (χ0v) is 19.0. The Kier molecular flexibility index (Phi) is 13.4. The van der Waals surface area contributed by atoms with Crippen LogP contribution in [0.2, 0.25) is 0 Å². The maximum absolute atomic E-state index is 12.0. The Labute approximate surface area is 168 Å². The standard InChI is InChI=1S/C17H36N4OS.HI/c1-17(2,3)23(22)15-11-20-16(18-4)19-10-9-14-21-12-7-5-6-8-13-21;/h5-15H2,1-4H3,(H2,18,19,20);1H. The highest BCUT2D eigenvalue weighted by atomic mass is 127. The van der Waals surface area contributed by atoms with Gasteiger partial charge in [-0.2, -0.15) is 0 Å². The number of rotatable bonds is 7. The van der Waals surface area contributed by atoms with E-state index in [1.54, 1.807) is 7.05 Å². The molecule has 0 amide bonds. The van der Waals surface area contributed by atoms with Gasteiger partial charge in [-0.3, -0.25) is 9.20 Å². The van der Waals surface area contributed by atoms with Gasteiger partial charge in [0.15, 0.2) is 5.96 Å². The molecule has 5 nitrogen and oxygen atoms in total. The van der Waals surface area contributed by atoms with Crippen molar-refractivity contribution in [2.75, 3.05) is 45.5 Å². The van der Waals surface area contributed by atoms with E-state index in [1.807, 2.05) is 20.8 Å². The molecule has 1 atom stereocenters. The van der Waals surface area contributed by atoms with Crippen molar-refractivity contribution in [3.05, 3.63) is 0 Å². The lowest BCUT2D eigenvalue weighted by molar-refractivity contribution is 0.282. The van der Waals surface area contributed by atoms with Crippen molar-refractivity contribution in [1.29, 1.82) is 0 Å². The van der Waals surface area contributed by atoms with Gasteiger partial charge >= 0.3 is 0 Å². The second-order valence-electron chi connectivity index (χ2n) is 7.20. The molecule has 24 heavy (non-hydrogen) atoms. The average Bonchev–Trinajstić information content (AvgIpc) is 2.77. The monoisotopic (exact) mass is 472 g/mol. The van der Waals surface area contributed by atoms with Gasteiger partial charge in [0.05, 0.1) is 0 Å². The maximum Gasteiger partial charge on any atom is 0.191 e. The van der Waals surface area contributed by atoms with Gasteiger partial charge in [-0.15, -0.1) is 24.0 Å². The first-order chi connectivity index (χ1) is 10.9. The molecule has 0 aromatic carbocycles. The smallest absolute Gasteiger partial charge is 0.191 e. The van der Waals surface area contributed by atoms with Crippen LogP contribution in [0.5, 0.6) is 0 Å². The van der Waals surface area contributed by atoms with Crippen LogP contribution < -0.4 is 10.6 Å². The van der Waals surface area contributed by atoms with Crippen LogP contribution in [-0.2, 0) is 10.8 Å².